The Morgan fingerprint density at radius 2 is 1.78 bits per heavy atom. The van der Waals surface area contributed by atoms with Crippen LogP contribution in [-0.2, 0) is 16.0 Å². The van der Waals surface area contributed by atoms with Crippen LogP contribution in [0.15, 0.2) is 54.6 Å². The van der Waals surface area contributed by atoms with Gasteiger partial charge >= 0.3 is 0 Å². The van der Waals surface area contributed by atoms with Crippen molar-refractivity contribution in [3.05, 3.63) is 60.2 Å². The Morgan fingerprint density at radius 1 is 1.04 bits per heavy atom. The number of benzene rings is 2. The normalized spacial score (nSPS) is 13.9. The predicted octanol–water partition coefficient (Wildman–Crippen LogP) is 3.38. The molecule has 1 aliphatic rings. The van der Waals surface area contributed by atoms with Crippen molar-refractivity contribution < 1.29 is 9.59 Å². The van der Waals surface area contributed by atoms with E-state index in [0.29, 0.717) is 25.1 Å². The first kappa shape index (κ1) is 15.3. The van der Waals surface area contributed by atoms with Gasteiger partial charge in [0.05, 0.1) is 11.4 Å². The number of amides is 2. The molecule has 2 amide bonds. The van der Waals surface area contributed by atoms with Gasteiger partial charge in [0, 0.05) is 19.4 Å². The number of aryl methyl sites for hydroxylation is 1. The molecule has 0 bridgehead atoms. The molecule has 1 N–H and O–H groups in total. The summed E-state index contributed by atoms with van der Waals surface area (Å²) < 4.78 is 0. The molecule has 0 saturated heterocycles. The van der Waals surface area contributed by atoms with Crippen LogP contribution in [0.4, 0.5) is 11.4 Å². The van der Waals surface area contributed by atoms with E-state index in [1.54, 1.807) is 4.90 Å². The van der Waals surface area contributed by atoms with Gasteiger partial charge < -0.3 is 10.2 Å². The van der Waals surface area contributed by atoms with Gasteiger partial charge in [0.1, 0.15) is 0 Å². The van der Waals surface area contributed by atoms with E-state index >= 15 is 0 Å². The Morgan fingerprint density at radius 3 is 2.61 bits per heavy atom. The molecule has 2 aromatic rings. The van der Waals surface area contributed by atoms with E-state index in [1.165, 1.54) is 5.56 Å². The fourth-order valence-corrected chi connectivity index (χ4v) is 2.84. The number of rotatable bonds is 4. The maximum atomic E-state index is 12.6. The molecule has 0 aromatic heterocycles. The second-order valence-corrected chi connectivity index (χ2v) is 5.70. The number of hydrogen-bond donors (Lipinski definition) is 1. The minimum absolute atomic E-state index is 0.0444. The minimum Gasteiger partial charge on any atom is -0.324 e. The molecule has 3 rings (SSSR count). The van der Waals surface area contributed by atoms with Gasteiger partial charge in [0.2, 0.25) is 11.8 Å². The van der Waals surface area contributed by atoms with E-state index in [1.807, 2.05) is 42.5 Å². The number of carbonyl (C=O) groups is 2. The first-order valence-electron chi connectivity index (χ1n) is 7.97. The van der Waals surface area contributed by atoms with Crippen LogP contribution in [0.2, 0.25) is 0 Å². The maximum absolute atomic E-state index is 12.6. The number of nitrogens with zero attached hydrogens (tertiary/aromatic N) is 1. The van der Waals surface area contributed by atoms with E-state index in [9.17, 15) is 9.59 Å². The van der Waals surface area contributed by atoms with Crippen molar-refractivity contribution in [3.63, 3.8) is 0 Å². The third kappa shape index (κ3) is 3.77. The lowest BCUT2D eigenvalue weighted by Crippen LogP contribution is -2.31. The van der Waals surface area contributed by atoms with Gasteiger partial charge in [-0.3, -0.25) is 9.59 Å². The number of anilines is 2. The molecule has 0 unspecified atom stereocenters. The van der Waals surface area contributed by atoms with Crippen LogP contribution in [0.5, 0.6) is 0 Å². The average Bonchev–Trinajstić information content (AvgIpc) is 2.74. The summed E-state index contributed by atoms with van der Waals surface area (Å²) in [4.78, 5) is 26.1. The molecule has 0 aliphatic carbocycles. The van der Waals surface area contributed by atoms with Crippen LogP contribution in [-0.4, -0.2) is 18.4 Å². The highest BCUT2D eigenvalue weighted by atomic mass is 16.2. The Hall–Kier alpha value is -2.62. The van der Waals surface area contributed by atoms with Gasteiger partial charge in [0.25, 0.3) is 0 Å². The summed E-state index contributed by atoms with van der Waals surface area (Å²) in [5.41, 5.74) is 2.75. The molecule has 0 fully saturated rings. The summed E-state index contributed by atoms with van der Waals surface area (Å²) in [7, 11) is 0. The zero-order valence-corrected chi connectivity index (χ0v) is 13.0. The van der Waals surface area contributed by atoms with Crippen LogP contribution in [0.25, 0.3) is 0 Å². The molecule has 23 heavy (non-hydrogen) atoms. The summed E-state index contributed by atoms with van der Waals surface area (Å²) in [6.45, 7) is 0.438. The fourth-order valence-electron chi connectivity index (χ4n) is 2.84. The lowest BCUT2D eigenvalue weighted by molar-refractivity contribution is -0.118. The molecule has 0 saturated carbocycles. The zero-order chi connectivity index (χ0) is 16.1. The number of para-hydroxylation sites is 2. The summed E-state index contributed by atoms with van der Waals surface area (Å²) >= 11 is 0. The Labute approximate surface area is 136 Å². The predicted molar refractivity (Wildman–Crippen MR) is 91.4 cm³/mol. The number of nitrogens with one attached hydrogen (secondary N) is 1. The molecule has 4 nitrogen and oxygen atoms in total. The van der Waals surface area contributed by atoms with Crippen molar-refractivity contribution >= 4 is 23.2 Å². The number of fused-ring (bicyclic) bond motifs is 1. The van der Waals surface area contributed by atoms with Crippen LogP contribution in [0.1, 0.15) is 24.8 Å². The molecule has 4 heteroatoms. The first-order chi connectivity index (χ1) is 11.2. The average molecular weight is 308 g/mol. The minimum atomic E-state index is -0.0444. The molecular weight excluding hydrogens is 288 g/mol. The summed E-state index contributed by atoms with van der Waals surface area (Å²) in [5, 5.41) is 2.86. The second-order valence-electron chi connectivity index (χ2n) is 5.70. The second kappa shape index (κ2) is 7.09. The molecule has 0 atom stereocenters. The molecule has 0 spiro atoms. The third-order valence-electron chi connectivity index (χ3n) is 4.03. The van der Waals surface area contributed by atoms with Crippen LogP contribution in [0, 0.1) is 0 Å². The van der Waals surface area contributed by atoms with E-state index < -0.39 is 0 Å². The maximum Gasteiger partial charge on any atom is 0.227 e. The van der Waals surface area contributed by atoms with E-state index in [4.69, 9.17) is 0 Å². The summed E-state index contributed by atoms with van der Waals surface area (Å²) in [5.74, 6) is 0.0296. The quantitative estimate of drug-likeness (QED) is 0.941. The van der Waals surface area contributed by atoms with Gasteiger partial charge in [-0.1, -0.05) is 42.5 Å². The largest absolute Gasteiger partial charge is 0.324 e. The highest BCUT2D eigenvalue weighted by Crippen LogP contribution is 2.29. The van der Waals surface area contributed by atoms with Crippen molar-refractivity contribution in [2.45, 2.75) is 25.7 Å². The molecule has 1 heterocycles. The lowest BCUT2D eigenvalue weighted by Gasteiger charge is -2.22. The van der Waals surface area contributed by atoms with Gasteiger partial charge in [-0.05, 0) is 30.5 Å². The van der Waals surface area contributed by atoms with Crippen molar-refractivity contribution in [1.82, 2.24) is 0 Å². The van der Waals surface area contributed by atoms with Crippen molar-refractivity contribution in [2.24, 2.45) is 0 Å². The topological polar surface area (TPSA) is 49.4 Å². The van der Waals surface area contributed by atoms with Crippen molar-refractivity contribution in [3.8, 4) is 0 Å². The zero-order valence-electron chi connectivity index (χ0n) is 13.0. The number of hydrogen-bond acceptors (Lipinski definition) is 2. The summed E-state index contributed by atoms with van der Waals surface area (Å²) in [6, 6.07) is 17.6. The van der Waals surface area contributed by atoms with Gasteiger partial charge in [-0.2, -0.15) is 0 Å². The van der Waals surface area contributed by atoms with Crippen LogP contribution < -0.4 is 10.2 Å². The van der Waals surface area contributed by atoms with Crippen LogP contribution >= 0.6 is 0 Å². The highest BCUT2D eigenvalue weighted by molar-refractivity contribution is 6.03. The highest BCUT2D eigenvalue weighted by Gasteiger charge is 2.23. The first-order valence-corrected chi connectivity index (χ1v) is 7.97. The molecule has 1 aliphatic heterocycles. The summed E-state index contributed by atoms with van der Waals surface area (Å²) in [6.07, 6.45) is 2.51. The molecule has 118 valence electrons. The fraction of sp³-hybridized carbons (Fsp3) is 0.263. The molecular formula is C19H20N2O2. The molecule has 0 radical (unpaired) electrons. The van der Waals surface area contributed by atoms with E-state index in [0.717, 1.165) is 18.5 Å². The van der Waals surface area contributed by atoms with Crippen molar-refractivity contribution in [2.75, 3.05) is 16.8 Å². The van der Waals surface area contributed by atoms with Gasteiger partial charge in [-0.25, -0.2) is 0 Å². The lowest BCUT2D eigenvalue weighted by atomic mass is 10.1. The molecule has 2 aromatic carbocycles. The SMILES string of the molecule is O=C1CCN(C(=O)CCCc2ccccc2)c2ccccc2N1. The third-order valence-corrected chi connectivity index (χ3v) is 4.03. The monoisotopic (exact) mass is 308 g/mol. The van der Waals surface area contributed by atoms with Crippen molar-refractivity contribution in [1.29, 1.82) is 0 Å². The van der Waals surface area contributed by atoms with Gasteiger partial charge in [0.15, 0.2) is 0 Å². The Balaban J connectivity index is 1.66. The smallest absolute Gasteiger partial charge is 0.227 e. The number of carbonyl (C=O) groups excluding carboxylic acids is 2. The Bertz CT molecular complexity index is 698. The van der Waals surface area contributed by atoms with E-state index in [2.05, 4.69) is 17.4 Å². The standard InChI is InChI=1S/C19H20N2O2/c22-18-13-14-21(17-11-5-4-10-16(17)20-18)19(23)12-6-9-15-7-2-1-3-8-15/h1-5,7-8,10-11H,6,9,12-14H2,(H,20,22). The van der Waals surface area contributed by atoms with Crippen LogP contribution in [0.3, 0.4) is 0 Å². The Kier molecular flexibility index (Phi) is 4.71. The van der Waals surface area contributed by atoms with Gasteiger partial charge in [-0.15, -0.1) is 0 Å². The van der Waals surface area contributed by atoms with E-state index in [-0.39, 0.29) is 11.8 Å².